The van der Waals surface area contributed by atoms with Gasteiger partial charge in [0.2, 0.25) is 0 Å². The lowest BCUT2D eigenvalue weighted by Gasteiger charge is -2.08. The first-order valence-electron chi connectivity index (χ1n) is 4.04. The van der Waals surface area contributed by atoms with E-state index in [1.807, 2.05) is 13.0 Å². The quantitative estimate of drug-likeness (QED) is 0.589. The third-order valence-electron chi connectivity index (χ3n) is 1.52. The highest BCUT2D eigenvalue weighted by Crippen LogP contribution is 2.02. The van der Waals surface area contributed by atoms with Crippen molar-refractivity contribution in [1.82, 2.24) is 10.2 Å². The first kappa shape index (κ1) is 9.88. The molecule has 1 unspecified atom stereocenters. The number of anilines is 1. The molecule has 5 heteroatoms. The number of hydrogen-bond donors (Lipinski definition) is 3. The summed E-state index contributed by atoms with van der Waals surface area (Å²) in [6, 6.07) is 1.82. The summed E-state index contributed by atoms with van der Waals surface area (Å²) in [5.41, 5.74) is 0.996. The first-order valence-corrected chi connectivity index (χ1v) is 4.04. The molecule has 13 heavy (non-hydrogen) atoms. The first-order chi connectivity index (χ1) is 6.22. The Morgan fingerprint density at radius 1 is 1.62 bits per heavy atom. The van der Waals surface area contributed by atoms with Crippen molar-refractivity contribution in [3.63, 3.8) is 0 Å². The van der Waals surface area contributed by atoms with Crippen LogP contribution in [-0.4, -0.2) is 39.7 Å². The van der Waals surface area contributed by atoms with E-state index in [0.717, 1.165) is 5.56 Å². The Hall–Kier alpha value is -1.20. The van der Waals surface area contributed by atoms with E-state index in [1.165, 1.54) is 0 Å². The molecule has 0 aliphatic carbocycles. The maximum atomic E-state index is 9.03. The van der Waals surface area contributed by atoms with Gasteiger partial charge in [-0.25, -0.2) is 0 Å². The molecule has 1 rings (SSSR count). The monoisotopic (exact) mass is 183 g/mol. The van der Waals surface area contributed by atoms with E-state index in [-0.39, 0.29) is 13.2 Å². The van der Waals surface area contributed by atoms with Crippen LogP contribution in [0.3, 0.4) is 0 Å². The molecule has 0 fully saturated rings. The van der Waals surface area contributed by atoms with Gasteiger partial charge in [-0.1, -0.05) is 0 Å². The minimum atomic E-state index is -0.762. The summed E-state index contributed by atoms with van der Waals surface area (Å²) in [6.07, 6.45) is 0.885. The van der Waals surface area contributed by atoms with E-state index in [1.54, 1.807) is 6.20 Å². The maximum absolute atomic E-state index is 9.03. The molecule has 5 nitrogen and oxygen atoms in total. The van der Waals surface area contributed by atoms with Gasteiger partial charge >= 0.3 is 0 Å². The number of nitrogens with one attached hydrogen (secondary N) is 1. The molecule has 1 heterocycles. The summed E-state index contributed by atoms with van der Waals surface area (Å²) in [5, 5.41) is 27.9. The van der Waals surface area contributed by atoms with Crippen LogP contribution in [0.1, 0.15) is 5.56 Å². The van der Waals surface area contributed by atoms with Crippen LogP contribution in [0.15, 0.2) is 12.3 Å². The van der Waals surface area contributed by atoms with Gasteiger partial charge in [-0.05, 0) is 18.6 Å². The number of hydrogen-bond acceptors (Lipinski definition) is 5. The lowest BCUT2D eigenvalue weighted by atomic mass is 10.3. The van der Waals surface area contributed by atoms with Crippen molar-refractivity contribution in [2.45, 2.75) is 13.0 Å². The van der Waals surface area contributed by atoms with Gasteiger partial charge in [-0.3, -0.25) is 0 Å². The van der Waals surface area contributed by atoms with E-state index in [9.17, 15) is 0 Å². The summed E-state index contributed by atoms with van der Waals surface area (Å²) in [7, 11) is 0. The molecule has 0 saturated carbocycles. The molecule has 0 amide bonds. The standard InChI is InChI=1S/C8H13N3O2/c1-6-2-8(11-10-3-6)9-4-7(13)5-12/h2-3,7,12-13H,4-5H2,1H3,(H,9,11). The smallest absolute Gasteiger partial charge is 0.148 e. The second-order valence-corrected chi connectivity index (χ2v) is 2.84. The van der Waals surface area contributed by atoms with E-state index >= 15 is 0 Å². The second kappa shape index (κ2) is 4.74. The van der Waals surface area contributed by atoms with Crippen LogP contribution in [-0.2, 0) is 0 Å². The van der Waals surface area contributed by atoms with Gasteiger partial charge in [0, 0.05) is 6.54 Å². The zero-order valence-electron chi connectivity index (χ0n) is 7.44. The van der Waals surface area contributed by atoms with Crippen LogP contribution in [0.25, 0.3) is 0 Å². The third kappa shape index (κ3) is 3.35. The van der Waals surface area contributed by atoms with Gasteiger partial charge in [-0.2, -0.15) is 5.10 Å². The molecule has 0 spiro atoms. The fourth-order valence-corrected chi connectivity index (χ4v) is 0.837. The number of aliphatic hydroxyl groups excluding tert-OH is 2. The molecular formula is C8H13N3O2. The zero-order valence-corrected chi connectivity index (χ0v) is 7.44. The molecular weight excluding hydrogens is 170 g/mol. The fourth-order valence-electron chi connectivity index (χ4n) is 0.837. The molecule has 1 aromatic heterocycles. The van der Waals surface area contributed by atoms with E-state index in [2.05, 4.69) is 15.5 Å². The molecule has 0 aromatic carbocycles. The normalized spacial score (nSPS) is 12.5. The van der Waals surface area contributed by atoms with Crippen LogP contribution >= 0.6 is 0 Å². The van der Waals surface area contributed by atoms with Crippen LogP contribution in [0.2, 0.25) is 0 Å². The summed E-state index contributed by atoms with van der Waals surface area (Å²) in [4.78, 5) is 0. The predicted octanol–water partition coefficient (Wildman–Crippen LogP) is -0.450. The Bertz CT molecular complexity index is 267. The van der Waals surface area contributed by atoms with Crippen LogP contribution < -0.4 is 5.32 Å². The maximum Gasteiger partial charge on any atom is 0.148 e. The molecule has 0 saturated heterocycles. The Labute approximate surface area is 76.4 Å². The number of nitrogens with zero attached hydrogens (tertiary/aromatic N) is 2. The lowest BCUT2D eigenvalue weighted by molar-refractivity contribution is 0.105. The minimum absolute atomic E-state index is 0.258. The molecule has 0 radical (unpaired) electrons. The largest absolute Gasteiger partial charge is 0.394 e. The topological polar surface area (TPSA) is 78.3 Å². The number of rotatable bonds is 4. The van der Waals surface area contributed by atoms with Crippen LogP contribution in [0.4, 0.5) is 5.82 Å². The second-order valence-electron chi connectivity index (χ2n) is 2.84. The highest BCUT2D eigenvalue weighted by atomic mass is 16.3. The average Bonchev–Trinajstić information content (AvgIpc) is 2.14. The van der Waals surface area contributed by atoms with Gasteiger partial charge in [0.25, 0.3) is 0 Å². The molecule has 1 aromatic rings. The molecule has 3 N–H and O–H groups in total. The zero-order chi connectivity index (χ0) is 9.68. The predicted molar refractivity (Wildman–Crippen MR) is 48.4 cm³/mol. The summed E-state index contributed by atoms with van der Waals surface area (Å²) >= 11 is 0. The number of aliphatic hydroxyl groups is 2. The SMILES string of the molecule is Cc1cnnc(NCC(O)CO)c1. The number of aromatic nitrogens is 2. The van der Waals surface area contributed by atoms with Crippen LogP contribution in [0, 0.1) is 6.92 Å². The van der Waals surface area contributed by atoms with Crippen LogP contribution in [0.5, 0.6) is 0 Å². The molecule has 72 valence electrons. The summed E-state index contributed by atoms with van der Waals surface area (Å²) in [6.45, 7) is 1.92. The third-order valence-corrected chi connectivity index (χ3v) is 1.52. The highest BCUT2D eigenvalue weighted by molar-refractivity contribution is 5.34. The van der Waals surface area contributed by atoms with E-state index < -0.39 is 6.10 Å². The molecule has 0 bridgehead atoms. The van der Waals surface area contributed by atoms with Gasteiger partial charge in [0.15, 0.2) is 0 Å². The molecule has 0 aliphatic heterocycles. The van der Waals surface area contributed by atoms with Crippen molar-refractivity contribution in [1.29, 1.82) is 0 Å². The van der Waals surface area contributed by atoms with Gasteiger partial charge < -0.3 is 15.5 Å². The minimum Gasteiger partial charge on any atom is -0.394 e. The lowest BCUT2D eigenvalue weighted by Crippen LogP contribution is -2.23. The Morgan fingerprint density at radius 2 is 2.38 bits per heavy atom. The van der Waals surface area contributed by atoms with E-state index in [4.69, 9.17) is 10.2 Å². The van der Waals surface area contributed by atoms with E-state index in [0.29, 0.717) is 5.82 Å². The Balaban J connectivity index is 2.45. The van der Waals surface area contributed by atoms with Crippen molar-refractivity contribution in [2.24, 2.45) is 0 Å². The fraction of sp³-hybridized carbons (Fsp3) is 0.500. The van der Waals surface area contributed by atoms with Crippen molar-refractivity contribution < 1.29 is 10.2 Å². The summed E-state index contributed by atoms with van der Waals surface area (Å²) < 4.78 is 0. The summed E-state index contributed by atoms with van der Waals surface area (Å²) in [5.74, 6) is 0.604. The average molecular weight is 183 g/mol. The van der Waals surface area contributed by atoms with Gasteiger partial charge in [-0.15, -0.1) is 5.10 Å². The number of aryl methyl sites for hydroxylation is 1. The Morgan fingerprint density at radius 3 is 3.00 bits per heavy atom. The van der Waals surface area contributed by atoms with Crippen molar-refractivity contribution in [3.8, 4) is 0 Å². The van der Waals surface area contributed by atoms with Crippen molar-refractivity contribution >= 4 is 5.82 Å². The van der Waals surface area contributed by atoms with Crippen molar-refractivity contribution in [3.05, 3.63) is 17.8 Å². The highest BCUT2D eigenvalue weighted by Gasteiger charge is 2.01. The van der Waals surface area contributed by atoms with Gasteiger partial charge in [0.05, 0.1) is 18.9 Å². The van der Waals surface area contributed by atoms with Gasteiger partial charge in [0.1, 0.15) is 5.82 Å². The molecule has 1 atom stereocenters. The van der Waals surface area contributed by atoms with Crippen molar-refractivity contribution in [2.75, 3.05) is 18.5 Å². The Kier molecular flexibility index (Phi) is 3.60. The molecule has 0 aliphatic rings.